The van der Waals surface area contributed by atoms with Crippen LogP contribution in [0, 0.1) is 5.82 Å². The standard InChI is InChI=1S/C34H30FN3O5S/c1-3-43-34(42)25-14-18-27(19-15-25)36-31(39)22(2)44-29-11-7-10-28(21-29)37-33(41)30(20-23-12-16-26(35)17-13-23)38-32(40)24-8-5-4-6-9-24/h4-22H,3H2,1-2H3,(H,36,39)(H,37,41)(H,38,40)/b30-20-. The number of carbonyl (C=O) groups excluding carboxylic acids is 4. The second kappa shape index (κ2) is 15.3. The predicted octanol–water partition coefficient (Wildman–Crippen LogP) is 6.53. The molecule has 0 aliphatic rings. The van der Waals surface area contributed by atoms with E-state index in [-0.39, 0.29) is 18.2 Å². The Morgan fingerprint density at radius 3 is 2.20 bits per heavy atom. The number of amides is 3. The lowest BCUT2D eigenvalue weighted by atomic mass is 10.1. The van der Waals surface area contributed by atoms with Gasteiger partial charge in [-0.2, -0.15) is 0 Å². The summed E-state index contributed by atoms with van der Waals surface area (Å²) >= 11 is 1.29. The summed E-state index contributed by atoms with van der Waals surface area (Å²) in [6, 6.07) is 27.3. The molecule has 10 heteroatoms. The topological polar surface area (TPSA) is 114 Å². The molecule has 3 amide bonds. The van der Waals surface area contributed by atoms with Crippen molar-refractivity contribution in [1.29, 1.82) is 0 Å². The number of esters is 1. The molecule has 4 aromatic rings. The van der Waals surface area contributed by atoms with Crippen molar-refractivity contribution in [3.8, 4) is 0 Å². The molecule has 1 unspecified atom stereocenters. The Hall–Kier alpha value is -5.22. The number of anilines is 2. The van der Waals surface area contributed by atoms with E-state index < -0.39 is 28.9 Å². The van der Waals surface area contributed by atoms with Crippen LogP contribution in [-0.2, 0) is 14.3 Å². The van der Waals surface area contributed by atoms with Gasteiger partial charge in [-0.15, -0.1) is 11.8 Å². The molecule has 0 heterocycles. The molecule has 1 atom stereocenters. The molecular formula is C34H30FN3O5S. The van der Waals surface area contributed by atoms with Crippen molar-refractivity contribution in [2.24, 2.45) is 0 Å². The zero-order chi connectivity index (χ0) is 31.5. The Kier molecular flexibility index (Phi) is 11.0. The summed E-state index contributed by atoms with van der Waals surface area (Å²) in [6.07, 6.45) is 1.46. The summed E-state index contributed by atoms with van der Waals surface area (Å²) in [5, 5.41) is 7.77. The highest BCUT2D eigenvalue weighted by Crippen LogP contribution is 2.27. The van der Waals surface area contributed by atoms with Gasteiger partial charge in [0.1, 0.15) is 11.5 Å². The smallest absolute Gasteiger partial charge is 0.338 e. The average Bonchev–Trinajstić information content (AvgIpc) is 3.02. The quantitative estimate of drug-likeness (QED) is 0.101. The maximum atomic E-state index is 13.4. The largest absolute Gasteiger partial charge is 0.462 e. The first-order valence-corrected chi connectivity index (χ1v) is 14.6. The molecule has 0 aliphatic heterocycles. The molecular weight excluding hydrogens is 581 g/mol. The van der Waals surface area contributed by atoms with E-state index in [4.69, 9.17) is 4.74 Å². The number of hydrogen-bond acceptors (Lipinski definition) is 6. The van der Waals surface area contributed by atoms with Crippen LogP contribution >= 0.6 is 11.8 Å². The minimum Gasteiger partial charge on any atom is -0.462 e. The van der Waals surface area contributed by atoms with Gasteiger partial charge in [0.25, 0.3) is 11.8 Å². The number of halogens is 1. The van der Waals surface area contributed by atoms with E-state index in [2.05, 4.69) is 16.0 Å². The second-order valence-corrected chi connectivity index (χ2v) is 10.9. The van der Waals surface area contributed by atoms with Gasteiger partial charge in [-0.05, 0) is 92.2 Å². The third-order valence-electron chi connectivity index (χ3n) is 6.15. The fourth-order valence-electron chi connectivity index (χ4n) is 3.92. The van der Waals surface area contributed by atoms with Crippen LogP contribution in [0.2, 0.25) is 0 Å². The summed E-state index contributed by atoms with van der Waals surface area (Å²) < 4.78 is 18.4. The lowest BCUT2D eigenvalue weighted by Crippen LogP contribution is -2.30. The first-order valence-electron chi connectivity index (χ1n) is 13.7. The lowest BCUT2D eigenvalue weighted by molar-refractivity contribution is -0.115. The van der Waals surface area contributed by atoms with E-state index >= 15 is 0 Å². The van der Waals surface area contributed by atoms with Gasteiger partial charge in [-0.25, -0.2) is 9.18 Å². The summed E-state index contributed by atoms with van der Waals surface area (Å²) in [6.45, 7) is 3.75. The lowest BCUT2D eigenvalue weighted by Gasteiger charge is -2.14. The molecule has 0 saturated carbocycles. The summed E-state index contributed by atoms with van der Waals surface area (Å²) in [4.78, 5) is 51.6. The number of rotatable bonds is 11. The van der Waals surface area contributed by atoms with Crippen molar-refractivity contribution in [2.75, 3.05) is 17.2 Å². The van der Waals surface area contributed by atoms with E-state index in [9.17, 15) is 23.6 Å². The number of ether oxygens (including phenoxy) is 1. The van der Waals surface area contributed by atoms with E-state index in [0.29, 0.717) is 28.1 Å². The molecule has 0 bridgehead atoms. The summed E-state index contributed by atoms with van der Waals surface area (Å²) in [5.41, 5.74) is 2.22. The number of thioether (sulfide) groups is 1. The maximum Gasteiger partial charge on any atom is 0.338 e. The van der Waals surface area contributed by atoms with Gasteiger partial charge in [-0.1, -0.05) is 36.4 Å². The van der Waals surface area contributed by atoms with Crippen LogP contribution in [-0.4, -0.2) is 35.5 Å². The minimum atomic E-state index is -0.585. The van der Waals surface area contributed by atoms with E-state index in [0.717, 1.165) is 4.90 Å². The molecule has 44 heavy (non-hydrogen) atoms. The van der Waals surface area contributed by atoms with Gasteiger partial charge >= 0.3 is 5.97 Å². The normalized spacial score (nSPS) is 11.7. The maximum absolute atomic E-state index is 13.4. The minimum absolute atomic E-state index is 0.0368. The van der Waals surface area contributed by atoms with Crippen molar-refractivity contribution in [1.82, 2.24) is 5.32 Å². The third kappa shape index (κ3) is 9.14. The van der Waals surface area contributed by atoms with Crippen LogP contribution in [0.25, 0.3) is 6.08 Å². The van der Waals surface area contributed by atoms with Gasteiger partial charge in [0.2, 0.25) is 5.91 Å². The fourth-order valence-corrected chi connectivity index (χ4v) is 4.85. The molecule has 3 N–H and O–H groups in total. The van der Waals surface area contributed by atoms with Crippen molar-refractivity contribution >= 4 is 52.9 Å². The van der Waals surface area contributed by atoms with Crippen LogP contribution in [0.4, 0.5) is 15.8 Å². The Labute approximate surface area is 258 Å². The number of carbonyl (C=O) groups is 4. The number of benzene rings is 4. The van der Waals surface area contributed by atoms with Gasteiger partial charge in [0.05, 0.1) is 17.4 Å². The third-order valence-corrected chi connectivity index (χ3v) is 7.24. The SMILES string of the molecule is CCOC(=O)c1ccc(NC(=O)C(C)Sc2cccc(NC(=O)/C(=C/c3ccc(F)cc3)NC(=O)c3ccccc3)c2)cc1. The Bertz CT molecular complexity index is 1660. The Morgan fingerprint density at radius 2 is 1.52 bits per heavy atom. The van der Waals surface area contributed by atoms with Crippen LogP contribution in [0.3, 0.4) is 0 Å². The highest BCUT2D eigenvalue weighted by Gasteiger charge is 2.18. The first-order chi connectivity index (χ1) is 21.2. The fraction of sp³-hybridized carbons (Fsp3) is 0.118. The molecule has 0 spiro atoms. The predicted molar refractivity (Wildman–Crippen MR) is 170 cm³/mol. The van der Waals surface area contributed by atoms with Crippen LogP contribution in [0.5, 0.6) is 0 Å². The van der Waals surface area contributed by atoms with Gasteiger partial charge in [0, 0.05) is 21.8 Å². The van der Waals surface area contributed by atoms with E-state index in [1.807, 2.05) is 6.07 Å². The summed E-state index contributed by atoms with van der Waals surface area (Å²) in [7, 11) is 0. The Balaban J connectivity index is 1.43. The van der Waals surface area contributed by atoms with Crippen molar-refractivity contribution in [3.05, 3.63) is 131 Å². The van der Waals surface area contributed by atoms with Crippen molar-refractivity contribution in [3.63, 3.8) is 0 Å². The molecule has 0 saturated heterocycles. The molecule has 8 nitrogen and oxygen atoms in total. The molecule has 4 rings (SSSR count). The molecule has 0 aliphatic carbocycles. The monoisotopic (exact) mass is 611 g/mol. The highest BCUT2D eigenvalue weighted by atomic mass is 32.2. The zero-order valence-corrected chi connectivity index (χ0v) is 24.8. The van der Waals surface area contributed by atoms with Crippen molar-refractivity contribution in [2.45, 2.75) is 24.0 Å². The van der Waals surface area contributed by atoms with Gasteiger partial charge in [-0.3, -0.25) is 14.4 Å². The average molecular weight is 612 g/mol. The zero-order valence-electron chi connectivity index (χ0n) is 24.0. The van der Waals surface area contributed by atoms with Gasteiger partial charge < -0.3 is 20.7 Å². The van der Waals surface area contributed by atoms with Crippen molar-refractivity contribution < 1.29 is 28.3 Å². The van der Waals surface area contributed by atoms with Crippen LogP contribution in [0.15, 0.2) is 114 Å². The van der Waals surface area contributed by atoms with Crippen LogP contribution in [0.1, 0.15) is 40.1 Å². The molecule has 4 aromatic carbocycles. The first kappa shape index (κ1) is 31.7. The van der Waals surface area contributed by atoms with E-state index in [1.165, 1.54) is 42.1 Å². The Morgan fingerprint density at radius 1 is 0.818 bits per heavy atom. The second-order valence-electron chi connectivity index (χ2n) is 9.46. The molecule has 0 radical (unpaired) electrons. The van der Waals surface area contributed by atoms with E-state index in [1.54, 1.807) is 86.6 Å². The van der Waals surface area contributed by atoms with Crippen LogP contribution < -0.4 is 16.0 Å². The number of nitrogens with one attached hydrogen (secondary N) is 3. The molecule has 0 aromatic heterocycles. The number of hydrogen-bond donors (Lipinski definition) is 3. The summed E-state index contributed by atoms with van der Waals surface area (Å²) in [5.74, 6) is -2.17. The molecule has 224 valence electrons. The van der Waals surface area contributed by atoms with Gasteiger partial charge in [0.15, 0.2) is 0 Å². The molecule has 0 fully saturated rings. The highest BCUT2D eigenvalue weighted by molar-refractivity contribution is 8.00.